The molecule has 1 aliphatic heterocycles. The fourth-order valence-corrected chi connectivity index (χ4v) is 6.14. The number of nitrogens with one attached hydrogen (secondary N) is 1. The Labute approximate surface area is 169 Å². The van der Waals surface area contributed by atoms with Gasteiger partial charge in [0.25, 0.3) is 10.0 Å². The van der Waals surface area contributed by atoms with Gasteiger partial charge in [-0.15, -0.1) is 0 Å². The van der Waals surface area contributed by atoms with Gasteiger partial charge in [0, 0.05) is 11.5 Å². The molecule has 0 bridgehead atoms. The van der Waals surface area contributed by atoms with Crippen molar-refractivity contribution in [3.05, 3.63) is 48.7 Å². The van der Waals surface area contributed by atoms with Crippen LogP contribution in [0.3, 0.4) is 0 Å². The predicted octanol–water partition coefficient (Wildman–Crippen LogP) is 3.69. The zero-order valence-electron chi connectivity index (χ0n) is 15.9. The van der Waals surface area contributed by atoms with Crippen LogP contribution >= 0.6 is 0 Å². The highest BCUT2D eigenvalue weighted by Gasteiger charge is 2.36. The maximum Gasteiger partial charge on any atom is 0.265 e. The summed E-state index contributed by atoms with van der Waals surface area (Å²) in [5.74, 6) is 0.241. The van der Waals surface area contributed by atoms with E-state index in [0.29, 0.717) is 16.9 Å². The number of sulfonamides is 1. The monoisotopic (exact) mass is 410 g/mol. The van der Waals surface area contributed by atoms with Gasteiger partial charge in [0.05, 0.1) is 22.8 Å². The Morgan fingerprint density at radius 3 is 2.62 bits per heavy atom. The minimum atomic E-state index is -3.75. The molecule has 1 N–H and O–H groups in total. The second-order valence-corrected chi connectivity index (χ2v) is 9.47. The molecule has 150 valence electrons. The van der Waals surface area contributed by atoms with Crippen LogP contribution in [-0.2, 0) is 14.8 Å². The number of rotatable bonds is 4. The number of amides is 1. The summed E-state index contributed by atoms with van der Waals surface area (Å²) >= 11 is 0. The molecule has 2 heterocycles. The fourth-order valence-electron chi connectivity index (χ4n) is 4.47. The SMILES string of the molecule is O=C(CN1c2cccc3cccc(c23)S1(=O)=O)Nc1ccnn1C1CCCCC1. The van der Waals surface area contributed by atoms with E-state index in [1.165, 1.54) is 10.7 Å². The molecular weight excluding hydrogens is 388 g/mol. The zero-order chi connectivity index (χ0) is 20.0. The Balaban J connectivity index is 1.40. The van der Waals surface area contributed by atoms with Crippen molar-refractivity contribution in [2.75, 3.05) is 16.2 Å². The molecule has 5 rings (SSSR count). The van der Waals surface area contributed by atoms with E-state index >= 15 is 0 Å². The minimum Gasteiger partial charge on any atom is -0.309 e. The highest BCUT2D eigenvalue weighted by atomic mass is 32.2. The molecule has 29 heavy (non-hydrogen) atoms. The van der Waals surface area contributed by atoms with Crippen molar-refractivity contribution in [1.29, 1.82) is 0 Å². The summed E-state index contributed by atoms with van der Waals surface area (Å²) in [7, 11) is -3.75. The van der Waals surface area contributed by atoms with Crippen molar-refractivity contribution >= 4 is 38.2 Å². The summed E-state index contributed by atoms with van der Waals surface area (Å²) in [6.07, 6.45) is 7.31. The van der Waals surface area contributed by atoms with Crippen molar-refractivity contribution in [3.63, 3.8) is 0 Å². The van der Waals surface area contributed by atoms with Crippen LogP contribution in [0, 0.1) is 0 Å². The largest absolute Gasteiger partial charge is 0.309 e. The van der Waals surface area contributed by atoms with Crippen LogP contribution in [-0.4, -0.2) is 30.7 Å². The van der Waals surface area contributed by atoms with E-state index in [4.69, 9.17) is 0 Å². The lowest BCUT2D eigenvalue weighted by Crippen LogP contribution is -2.36. The maximum atomic E-state index is 13.0. The van der Waals surface area contributed by atoms with Crippen molar-refractivity contribution in [2.45, 2.75) is 43.0 Å². The molecule has 1 aliphatic carbocycles. The van der Waals surface area contributed by atoms with Crippen molar-refractivity contribution < 1.29 is 13.2 Å². The number of nitrogens with zero attached hydrogens (tertiary/aromatic N) is 3. The summed E-state index contributed by atoms with van der Waals surface area (Å²) in [5.41, 5.74) is 0.550. The Morgan fingerprint density at radius 2 is 1.83 bits per heavy atom. The standard InChI is InChI=1S/C21H22N4O3S/c26-20(23-19-12-13-22-25(19)16-8-2-1-3-9-16)14-24-17-10-4-6-15-7-5-11-18(21(15)17)29(24,27)28/h4-7,10-13,16H,1-3,8-9,14H2,(H,23,26). The van der Waals surface area contributed by atoms with Crippen LogP contribution in [0.2, 0.25) is 0 Å². The van der Waals surface area contributed by atoms with E-state index < -0.39 is 10.0 Å². The van der Waals surface area contributed by atoms with Gasteiger partial charge in [0.15, 0.2) is 0 Å². The van der Waals surface area contributed by atoms with Gasteiger partial charge in [-0.1, -0.05) is 43.5 Å². The van der Waals surface area contributed by atoms with E-state index in [2.05, 4.69) is 10.4 Å². The summed E-state index contributed by atoms with van der Waals surface area (Å²) in [6, 6.07) is 12.7. The van der Waals surface area contributed by atoms with Gasteiger partial charge in [-0.2, -0.15) is 5.10 Å². The summed E-state index contributed by atoms with van der Waals surface area (Å²) in [6.45, 7) is -0.272. The molecule has 0 unspecified atom stereocenters. The van der Waals surface area contributed by atoms with Crippen LogP contribution < -0.4 is 9.62 Å². The first kappa shape index (κ1) is 18.2. The maximum absolute atomic E-state index is 13.0. The number of anilines is 2. The normalized spacial score (nSPS) is 18.3. The van der Waals surface area contributed by atoms with E-state index in [1.54, 1.807) is 30.5 Å². The third-order valence-corrected chi connectivity index (χ3v) is 7.63. The molecule has 3 aromatic rings. The Kier molecular flexibility index (Phi) is 4.31. The van der Waals surface area contributed by atoms with E-state index in [9.17, 15) is 13.2 Å². The van der Waals surface area contributed by atoms with Crippen molar-refractivity contribution in [1.82, 2.24) is 9.78 Å². The molecule has 1 fully saturated rings. The molecule has 2 aliphatic rings. The molecule has 0 spiro atoms. The molecule has 1 saturated carbocycles. The van der Waals surface area contributed by atoms with Crippen LogP contribution in [0.25, 0.3) is 10.8 Å². The van der Waals surface area contributed by atoms with Gasteiger partial charge in [0.1, 0.15) is 12.4 Å². The molecular formula is C21H22N4O3S. The van der Waals surface area contributed by atoms with Gasteiger partial charge in [-0.25, -0.2) is 13.1 Å². The molecule has 0 saturated heterocycles. The number of aromatic nitrogens is 2. The molecule has 2 aromatic carbocycles. The summed E-state index contributed by atoms with van der Waals surface area (Å²) < 4.78 is 29.2. The fraction of sp³-hybridized carbons (Fsp3) is 0.333. The average molecular weight is 410 g/mol. The van der Waals surface area contributed by atoms with Crippen molar-refractivity contribution in [3.8, 4) is 0 Å². The van der Waals surface area contributed by atoms with Crippen LogP contribution in [0.4, 0.5) is 11.5 Å². The van der Waals surface area contributed by atoms with Crippen LogP contribution in [0.1, 0.15) is 38.1 Å². The highest BCUT2D eigenvalue weighted by Crippen LogP contribution is 2.41. The lowest BCUT2D eigenvalue weighted by Gasteiger charge is -2.24. The molecule has 7 nitrogen and oxygen atoms in total. The quantitative estimate of drug-likeness (QED) is 0.711. The molecule has 1 aromatic heterocycles. The molecule has 0 radical (unpaired) electrons. The third kappa shape index (κ3) is 2.98. The first-order valence-electron chi connectivity index (χ1n) is 9.93. The first-order valence-corrected chi connectivity index (χ1v) is 11.4. The van der Waals surface area contributed by atoms with E-state index in [0.717, 1.165) is 31.1 Å². The Hall–Kier alpha value is -2.87. The molecule has 0 atom stereocenters. The number of hydrogen-bond acceptors (Lipinski definition) is 4. The van der Waals surface area contributed by atoms with Gasteiger partial charge in [0.2, 0.25) is 5.91 Å². The van der Waals surface area contributed by atoms with Gasteiger partial charge in [-0.05, 0) is 30.4 Å². The van der Waals surface area contributed by atoms with Gasteiger partial charge < -0.3 is 5.32 Å². The Morgan fingerprint density at radius 1 is 1.07 bits per heavy atom. The highest BCUT2D eigenvalue weighted by molar-refractivity contribution is 7.93. The first-order chi connectivity index (χ1) is 14.1. The predicted molar refractivity (Wildman–Crippen MR) is 111 cm³/mol. The number of carbonyl (C=O) groups excluding carboxylic acids is 1. The molecule has 8 heteroatoms. The zero-order valence-corrected chi connectivity index (χ0v) is 16.7. The topological polar surface area (TPSA) is 84.3 Å². The smallest absolute Gasteiger partial charge is 0.265 e. The summed E-state index contributed by atoms with van der Waals surface area (Å²) in [4.78, 5) is 13.1. The van der Waals surface area contributed by atoms with E-state index in [-0.39, 0.29) is 23.4 Å². The lowest BCUT2D eigenvalue weighted by molar-refractivity contribution is -0.114. The average Bonchev–Trinajstić information content (AvgIpc) is 3.27. The van der Waals surface area contributed by atoms with Gasteiger partial charge in [-0.3, -0.25) is 9.10 Å². The molecule has 1 amide bonds. The van der Waals surface area contributed by atoms with Crippen LogP contribution in [0.5, 0.6) is 0 Å². The Bertz CT molecular complexity index is 1190. The second kappa shape index (κ2) is 6.88. The number of carbonyl (C=O) groups is 1. The number of benzene rings is 2. The third-order valence-electron chi connectivity index (χ3n) is 5.83. The summed E-state index contributed by atoms with van der Waals surface area (Å²) in [5, 5.41) is 8.78. The number of hydrogen-bond donors (Lipinski definition) is 1. The van der Waals surface area contributed by atoms with Crippen LogP contribution in [0.15, 0.2) is 53.6 Å². The van der Waals surface area contributed by atoms with E-state index in [1.807, 2.05) is 22.9 Å². The lowest BCUT2D eigenvalue weighted by atomic mass is 9.96. The van der Waals surface area contributed by atoms with Gasteiger partial charge >= 0.3 is 0 Å². The minimum absolute atomic E-state index is 0.255. The second-order valence-electron chi connectivity index (χ2n) is 7.64. The van der Waals surface area contributed by atoms with Crippen molar-refractivity contribution in [2.24, 2.45) is 0 Å².